The fraction of sp³-hybridized carbons (Fsp3) is 0.417. The Morgan fingerprint density at radius 1 is 1.53 bits per heavy atom. The Kier molecular flexibility index (Phi) is 4.34. The third-order valence-corrected chi connectivity index (χ3v) is 2.45. The SMILES string of the molecule is CCOC(=O)C(C)(C)Nc1ccc(F)c(Cl)c1. The lowest BCUT2D eigenvalue weighted by Crippen LogP contribution is -2.41. The maximum atomic E-state index is 13.0. The van der Waals surface area contributed by atoms with E-state index in [0.29, 0.717) is 12.3 Å². The molecule has 0 radical (unpaired) electrons. The predicted octanol–water partition coefficient (Wildman–Crippen LogP) is 3.23. The monoisotopic (exact) mass is 259 g/mol. The van der Waals surface area contributed by atoms with Gasteiger partial charge in [0.25, 0.3) is 0 Å². The second-order valence-corrected chi connectivity index (χ2v) is 4.51. The first-order chi connectivity index (χ1) is 7.86. The first kappa shape index (κ1) is 13.8. The van der Waals surface area contributed by atoms with Crippen LogP contribution in [0.5, 0.6) is 0 Å². The molecule has 0 aromatic heterocycles. The lowest BCUT2D eigenvalue weighted by Gasteiger charge is -2.25. The molecule has 94 valence electrons. The van der Waals surface area contributed by atoms with Gasteiger partial charge in [0, 0.05) is 5.69 Å². The van der Waals surface area contributed by atoms with Gasteiger partial charge < -0.3 is 10.1 Å². The number of rotatable bonds is 4. The van der Waals surface area contributed by atoms with Gasteiger partial charge in [0.1, 0.15) is 11.4 Å². The zero-order valence-corrected chi connectivity index (χ0v) is 10.8. The molecule has 1 aromatic rings. The number of esters is 1. The summed E-state index contributed by atoms with van der Waals surface area (Å²) < 4.78 is 17.9. The first-order valence-electron chi connectivity index (χ1n) is 5.27. The summed E-state index contributed by atoms with van der Waals surface area (Å²) in [4.78, 5) is 11.6. The summed E-state index contributed by atoms with van der Waals surface area (Å²) in [6, 6.07) is 4.19. The van der Waals surface area contributed by atoms with Crippen LogP contribution in [0.4, 0.5) is 10.1 Å². The van der Waals surface area contributed by atoms with Gasteiger partial charge in [0.2, 0.25) is 0 Å². The maximum absolute atomic E-state index is 13.0. The molecule has 1 rings (SSSR count). The van der Waals surface area contributed by atoms with E-state index in [4.69, 9.17) is 16.3 Å². The van der Waals surface area contributed by atoms with Crippen LogP contribution in [0.25, 0.3) is 0 Å². The van der Waals surface area contributed by atoms with Crippen LogP contribution in [0.1, 0.15) is 20.8 Å². The Morgan fingerprint density at radius 2 is 2.18 bits per heavy atom. The highest BCUT2D eigenvalue weighted by Crippen LogP contribution is 2.22. The Bertz CT molecular complexity index is 421. The number of carbonyl (C=O) groups is 1. The van der Waals surface area contributed by atoms with Crippen molar-refractivity contribution in [3.05, 3.63) is 29.0 Å². The lowest BCUT2D eigenvalue weighted by atomic mass is 10.1. The zero-order chi connectivity index (χ0) is 13.1. The molecule has 0 bridgehead atoms. The first-order valence-corrected chi connectivity index (χ1v) is 5.65. The van der Waals surface area contributed by atoms with Crippen LogP contribution >= 0.6 is 11.6 Å². The summed E-state index contributed by atoms with van der Waals surface area (Å²) in [5.41, 5.74) is -0.327. The summed E-state index contributed by atoms with van der Waals surface area (Å²) in [6.07, 6.45) is 0. The Balaban J connectivity index is 2.82. The van der Waals surface area contributed by atoms with E-state index in [9.17, 15) is 9.18 Å². The number of carbonyl (C=O) groups excluding carboxylic acids is 1. The van der Waals surface area contributed by atoms with Crippen LogP contribution in [0.3, 0.4) is 0 Å². The van der Waals surface area contributed by atoms with E-state index in [-0.39, 0.29) is 11.0 Å². The summed E-state index contributed by atoms with van der Waals surface area (Å²) in [6.45, 7) is 5.42. The molecule has 0 amide bonds. The maximum Gasteiger partial charge on any atom is 0.331 e. The average molecular weight is 260 g/mol. The van der Waals surface area contributed by atoms with Crippen molar-refractivity contribution < 1.29 is 13.9 Å². The molecule has 0 saturated heterocycles. The van der Waals surface area contributed by atoms with Crippen molar-refractivity contribution in [2.75, 3.05) is 11.9 Å². The van der Waals surface area contributed by atoms with E-state index in [2.05, 4.69) is 5.32 Å². The quantitative estimate of drug-likeness (QED) is 0.844. The standard InChI is InChI=1S/C12H15ClFNO2/c1-4-17-11(16)12(2,3)15-8-5-6-10(14)9(13)7-8/h5-7,15H,4H2,1-3H3. The molecule has 0 aliphatic rings. The molecule has 0 unspecified atom stereocenters. The molecule has 1 aromatic carbocycles. The molecule has 0 saturated carbocycles. The van der Waals surface area contributed by atoms with E-state index in [1.54, 1.807) is 20.8 Å². The predicted molar refractivity (Wildman–Crippen MR) is 65.7 cm³/mol. The molecule has 0 atom stereocenters. The minimum atomic E-state index is -0.892. The van der Waals surface area contributed by atoms with Crippen molar-refractivity contribution in [2.45, 2.75) is 26.3 Å². The van der Waals surface area contributed by atoms with E-state index in [1.165, 1.54) is 18.2 Å². The number of hydrogen-bond acceptors (Lipinski definition) is 3. The Hall–Kier alpha value is -1.29. The molecule has 0 aliphatic carbocycles. The largest absolute Gasteiger partial charge is 0.464 e. The molecular formula is C12H15ClFNO2. The van der Waals surface area contributed by atoms with Crippen molar-refractivity contribution in [1.29, 1.82) is 0 Å². The van der Waals surface area contributed by atoms with Crippen LogP contribution in [0, 0.1) is 5.82 Å². The van der Waals surface area contributed by atoms with Crippen LogP contribution < -0.4 is 5.32 Å². The summed E-state index contributed by atoms with van der Waals surface area (Å²) in [5.74, 6) is -0.869. The second-order valence-electron chi connectivity index (χ2n) is 4.10. The van der Waals surface area contributed by atoms with Crippen LogP contribution in [-0.2, 0) is 9.53 Å². The molecular weight excluding hydrogens is 245 g/mol. The highest BCUT2D eigenvalue weighted by Gasteiger charge is 2.28. The highest BCUT2D eigenvalue weighted by molar-refractivity contribution is 6.31. The van der Waals surface area contributed by atoms with Crippen LogP contribution in [-0.4, -0.2) is 18.1 Å². The third-order valence-electron chi connectivity index (χ3n) is 2.16. The molecule has 5 heteroatoms. The Morgan fingerprint density at radius 3 is 2.71 bits per heavy atom. The van der Waals surface area contributed by atoms with E-state index in [0.717, 1.165) is 0 Å². The molecule has 0 spiro atoms. The number of nitrogens with one attached hydrogen (secondary N) is 1. The van der Waals surface area contributed by atoms with Gasteiger partial charge in [-0.15, -0.1) is 0 Å². The van der Waals surface area contributed by atoms with E-state index < -0.39 is 11.4 Å². The summed E-state index contributed by atoms with van der Waals surface area (Å²) in [5, 5.41) is 2.95. The normalized spacial score (nSPS) is 11.1. The Labute approximate surface area is 105 Å². The van der Waals surface area contributed by atoms with Gasteiger partial charge in [-0.25, -0.2) is 9.18 Å². The van der Waals surface area contributed by atoms with Gasteiger partial charge in [0.15, 0.2) is 0 Å². The lowest BCUT2D eigenvalue weighted by molar-refractivity contribution is -0.147. The van der Waals surface area contributed by atoms with Crippen LogP contribution in [0.15, 0.2) is 18.2 Å². The second kappa shape index (κ2) is 5.36. The van der Waals surface area contributed by atoms with Crippen molar-refractivity contribution >= 4 is 23.3 Å². The summed E-state index contributed by atoms with van der Waals surface area (Å²) >= 11 is 5.65. The van der Waals surface area contributed by atoms with Gasteiger partial charge in [-0.3, -0.25) is 0 Å². The number of ether oxygens (including phenoxy) is 1. The van der Waals surface area contributed by atoms with Crippen molar-refractivity contribution in [3.8, 4) is 0 Å². The molecule has 17 heavy (non-hydrogen) atoms. The highest BCUT2D eigenvalue weighted by atomic mass is 35.5. The minimum Gasteiger partial charge on any atom is -0.464 e. The summed E-state index contributed by atoms with van der Waals surface area (Å²) in [7, 11) is 0. The van der Waals surface area contributed by atoms with Gasteiger partial charge in [-0.1, -0.05) is 11.6 Å². The molecule has 0 aliphatic heterocycles. The number of hydrogen-bond donors (Lipinski definition) is 1. The van der Waals surface area contributed by atoms with Crippen molar-refractivity contribution in [3.63, 3.8) is 0 Å². The average Bonchev–Trinajstić information content (AvgIpc) is 2.23. The van der Waals surface area contributed by atoms with Crippen LogP contribution in [0.2, 0.25) is 5.02 Å². The topological polar surface area (TPSA) is 38.3 Å². The fourth-order valence-electron chi connectivity index (χ4n) is 1.30. The third kappa shape index (κ3) is 3.60. The fourth-order valence-corrected chi connectivity index (χ4v) is 1.48. The molecule has 3 nitrogen and oxygen atoms in total. The molecule has 0 fully saturated rings. The minimum absolute atomic E-state index is 0.00894. The molecule has 0 heterocycles. The van der Waals surface area contributed by atoms with Gasteiger partial charge in [-0.2, -0.15) is 0 Å². The zero-order valence-electron chi connectivity index (χ0n) is 10.0. The van der Waals surface area contributed by atoms with Gasteiger partial charge >= 0.3 is 5.97 Å². The molecule has 1 N–H and O–H groups in total. The van der Waals surface area contributed by atoms with Crippen molar-refractivity contribution in [1.82, 2.24) is 0 Å². The van der Waals surface area contributed by atoms with E-state index >= 15 is 0 Å². The number of benzene rings is 1. The number of anilines is 1. The van der Waals surface area contributed by atoms with Gasteiger partial charge in [-0.05, 0) is 39.0 Å². The van der Waals surface area contributed by atoms with Crippen molar-refractivity contribution in [2.24, 2.45) is 0 Å². The smallest absolute Gasteiger partial charge is 0.331 e. The number of halogens is 2. The van der Waals surface area contributed by atoms with Gasteiger partial charge in [0.05, 0.1) is 11.6 Å². The van der Waals surface area contributed by atoms with E-state index in [1.807, 2.05) is 0 Å².